The highest BCUT2D eigenvalue weighted by molar-refractivity contribution is 6.20. The summed E-state index contributed by atoms with van der Waals surface area (Å²) in [5, 5.41) is 0.246. The van der Waals surface area contributed by atoms with Crippen molar-refractivity contribution >= 4 is 11.6 Å². The zero-order valence-corrected chi connectivity index (χ0v) is 10.2. The molecule has 1 aromatic rings. The van der Waals surface area contributed by atoms with Gasteiger partial charge in [-0.1, -0.05) is 37.6 Å². The van der Waals surface area contributed by atoms with Crippen molar-refractivity contribution in [3.8, 4) is 0 Å². The van der Waals surface area contributed by atoms with Crippen molar-refractivity contribution in [2.75, 3.05) is 0 Å². The van der Waals surface area contributed by atoms with Crippen molar-refractivity contribution in [1.82, 2.24) is 0 Å². The maximum absolute atomic E-state index is 6.27. The highest BCUT2D eigenvalue weighted by Crippen LogP contribution is 2.19. The molecule has 0 bridgehead atoms. The van der Waals surface area contributed by atoms with Gasteiger partial charge in [0, 0.05) is 5.38 Å². The molecule has 78 valence electrons. The average Bonchev–Trinajstić information content (AvgIpc) is 2.11. The van der Waals surface area contributed by atoms with Crippen LogP contribution in [0.5, 0.6) is 0 Å². The first-order valence-electron chi connectivity index (χ1n) is 5.21. The smallest absolute Gasteiger partial charge is 0.0399 e. The number of benzene rings is 1. The second-order valence-corrected chi connectivity index (χ2v) is 4.95. The topological polar surface area (TPSA) is 0 Å². The molecule has 1 aromatic carbocycles. The largest absolute Gasteiger partial charge is 0.122 e. The van der Waals surface area contributed by atoms with Crippen LogP contribution >= 0.6 is 11.6 Å². The molecule has 0 amide bonds. The van der Waals surface area contributed by atoms with Gasteiger partial charge in [0.2, 0.25) is 0 Å². The highest BCUT2D eigenvalue weighted by atomic mass is 35.5. The Morgan fingerprint density at radius 2 is 1.86 bits per heavy atom. The standard InChI is InChI=1S/C13H19Cl/c1-9(2)13(14)8-12-7-10(3)5-6-11(12)4/h5-7,9,13H,8H2,1-4H3. The molecule has 0 fully saturated rings. The Morgan fingerprint density at radius 1 is 1.21 bits per heavy atom. The molecule has 1 heteroatoms. The lowest BCUT2D eigenvalue weighted by molar-refractivity contribution is 0.595. The molecule has 0 aliphatic rings. The summed E-state index contributed by atoms with van der Waals surface area (Å²) in [6, 6.07) is 6.57. The fraction of sp³-hybridized carbons (Fsp3) is 0.538. The fourth-order valence-corrected chi connectivity index (χ4v) is 1.63. The number of aryl methyl sites for hydroxylation is 2. The van der Waals surface area contributed by atoms with Crippen LogP contribution in [0.3, 0.4) is 0 Å². The minimum atomic E-state index is 0.246. The molecule has 0 aromatic heterocycles. The Kier molecular flexibility index (Phi) is 4.00. The van der Waals surface area contributed by atoms with Crippen LogP contribution in [0.2, 0.25) is 0 Å². The summed E-state index contributed by atoms with van der Waals surface area (Å²) in [5.74, 6) is 0.538. The first-order valence-corrected chi connectivity index (χ1v) is 5.64. The van der Waals surface area contributed by atoms with Gasteiger partial charge >= 0.3 is 0 Å². The third-order valence-corrected chi connectivity index (χ3v) is 3.30. The van der Waals surface area contributed by atoms with E-state index in [1.807, 2.05) is 0 Å². The van der Waals surface area contributed by atoms with Crippen molar-refractivity contribution < 1.29 is 0 Å². The molecule has 0 radical (unpaired) electrons. The summed E-state index contributed by atoms with van der Waals surface area (Å²) in [4.78, 5) is 0. The number of hydrogen-bond donors (Lipinski definition) is 0. The molecule has 0 spiro atoms. The van der Waals surface area contributed by atoms with E-state index in [2.05, 4.69) is 45.9 Å². The Labute approximate surface area is 92.3 Å². The Balaban J connectivity index is 2.80. The third kappa shape index (κ3) is 3.02. The molecule has 0 aliphatic heterocycles. The van der Waals surface area contributed by atoms with Crippen LogP contribution in [0.15, 0.2) is 18.2 Å². The Hall–Kier alpha value is -0.490. The lowest BCUT2D eigenvalue weighted by Gasteiger charge is -2.15. The molecular weight excluding hydrogens is 192 g/mol. The first kappa shape index (κ1) is 11.6. The summed E-state index contributed by atoms with van der Waals surface area (Å²) in [7, 11) is 0. The van der Waals surface area contributed by atoms with Gasteiger partial charge in [-0.25, -0.2) is 0 Å². The fourth-order valence-electron chi connectivity index (χ4n) is 1.47. The van der Waals surface area contributed by atoms with Gasteiger partial charge in [0.1, 0.15) is 0 Å². The number of hydrogen-bond acceptors (Lipinski definition) is 0. The van der Waals surface area contributed by atoms with Gasteiger partial charge in [0.25, 0.3) is 0 Å². The maximum atomic E-state index is 6.27. The van der Waals surface area contributed by atoms with Crippen LogP contribution in [0.25, 0.3) is 0 Å². The molecule has 0 heterocycles. The predicted octanol–water partition coefficient (Wildman–Crippen LogP) is 4.11. The maximum Gasteiger partial charge on any atom is 0.0399 e. The first-order chi connectivity index (χ1) is 6.50. The molecule has 1 rings (SSSR count). The quantitative estimate of drug-likeness (QED) is 0.659. The van der Waals surface area contributed by atoms with E-state index in [1.54, 1.807) is 0 Å². The van der Waals surface area contributed by atoms with Gasteiger partial charge in [0.05, 0.1) is 0 Å². The molecular formula is C13H19Cl. The monoisotopic (exact) mass is 210 g/mol. The summed E-state index contributed by atoms with van der Waals surface area (Å²) in [5.41, 5.74) is 4.05. The van der Waals surface area contributed by atoms with Crippen molar-refractivity contribution in [2.45, 2.75) is 39.5 Å². The van der Waals surface area contributed by atoms with E-state index >= 15 is 0 Å². The number of alkyl halides is 1. The summed E-state index contributed by atoms with van der Waals surface area (Å²) >= 11 is 6.27. The second kappa shape index (κ2) is 4.84. The van der Waals surface area contributed by atoms with E-state index in [1.165, 1.54) is 16.7 Å². The minimum absolute atomic E-state index is 0.246. The molecule has 0 N–H and O–H groups in total. The zero-order chi connectivity index (χ0) is 10.7. The van der Waals surface area contributed by atoms with E-state index in [0.717, 1.165) is 6.42 Å². The molecule has 0 saturated carbocycles. The summed E-state index contributed by atoms with van der Waals surface area (Å²) in [6.07, 6.45) is 0.979. The van der Waals surface area contributed by atoms with E-state index in [9.17, 15) is 0 Å². The number of rotatable bonds is 3. The minimum Gasteiger partial charge on any atom is -0.122 e. The predicted molar refractivity (Wildman–Crippen MR) is 64.1 cm³/mol. The molecule has 0 nitrogen and oxygen atoms in total. The van der Waals surface area contributed by atoms with Crippen molar-refractivity contribution in [1.29, 1.82) is 0 Å². The summed E-state index contributed by atoms with van der Waals surface area (Å²) < 4.78 is 0. The van der Waals surface area contributed by atoms with E-state index in [4.69, 9.17) is 11.6 Å². The van der Waals surface area contributed by atoms with Crippen LogP contribution in [0.1, 0.15) is 30.5 Å². The van der Waals surface area contributed by atoms with Crippen LogP contribution in [-0.2, 0) is 6.42 Å². The van der Waals surface area contributed by atoms with Crippen LogP contribution in [0, 0.1) is 19.8 Å². The molecule has 14 heavy (non-hydrogen) atoms. The van der Waals surface area contributed by atoms with Gasteiger partial charge in [0.15, 0.2) is 0 Å². The van der Waals surface area contributed by atoms with Gasteiger partial charge in [-0.15, -0.1) is 11.6 Å². The highest BCUT2D eigenvalue weighted by Gasteiger charge is 2.11. The van der Waals surface area contributed by atoms with Crippen LogP contribution in [-0.4, -0.2) is 5.38 Å². The van der Waals surface area contributed by atoms with Crippen LogP contribution in [0.4, 0.5) is 0 Å². The second-order valence-electron chi connectivity index (χ2n) is 4.39. The van der Waals surface area contributed by atoms with Gasteiger partial charge in [-0.2, -0.15) is 0 Å². The SMILES string of the molecule is Cc1ccc(C)c(CC(Cl)C(C)C)c1. The molecule has 1 atom stereocenters. The van der Waals surface area contributed by atoms with E-state index in [-0.39, 0.29) is 5.38 Å². The van der Waals surface area contributed by atoms with E-state index < -0.39 is 0 Å². The van der Waals surface area contributed by atoms with Gasteiger partial charge in [-0.05, 0) is 37.3 Å². The summed E-state index contributed by atoms with van der Waals surface area (Å²) in [6.45, 7) is 8.62. The van der Waals surface area contributed by atoms with Crippen molar-refractivity contribution in [2.24, 2.45) is 5.92 Å². The Bertz CT molecular complexity index is 302. The average molecular weight is 211 g/mol. The number of halogens is 1. The molecule has 0 aliphatic carbocycles. The van der Waals surface area contributed by atoms with E-state index in [0.29, 0.717) is 5.92 Å². The third-order valence-electron chi connectivity index (χ3n) is 2.64. The zero-order valence-electron chi connectivity index (χ0n) is 9.47. The van der Waals surface area contributed by atoms with Gasteiger partial charge in [-0.3, -0.25) is 0 Å². The van der Waals surface area contributed by atoms with Crippen LogP contribution < -0.4 is 0 Å². The normalized spacial score (nSPS) is 13.3. The lowest BCUT2D eigenvalue weighted by Crippen LogP contribution is -2.12. The van der Waals surface area contributed by atoms with Crippen molar-refractivity contribution in [3.63, 3.8) is 0 Å². The Morgan fingerprint density at radius 3 is 2.43 bits per heavy atom. The molecule has 0 saturated heterocycles. The lowest BCUT2D eigenvalue weighted by atomic mass is 9.97. The van der Waals surface area contributed by atoms with Gasteiger partial charge < -0.3 is 0 Å². The van der Waals surface area contributed by atoms with Crippen molar-refractivity contribution in [3.05, 3.63) is 34.9 Å². The molecule has 1 unspecified atom stereocenters.